The first-order valence-corrected chi connectivity index (χ1v) is 6.91. The standard InChI is InChI=1S/C13H21N5O/c1-16-4-6-17(7-5-16)12-8-13(15-10-14-12)18-3-2-11(19)9-18/h8,10-11,19H,2-7,9H2,1H3. The second-order valence-electron chi connectivity index (χ2n) is 5.41. The zero-order valence-electron chi connectivity index (χ0n) is 11.4. The Balaban J connectivity index is 1.72. The molecule has 104 valence electrons. The molecule has 2 aliphatic heterocycles. The van der Waals surface area contributed by atoms with E-state index in [0.29, 0.717) is 6.54 Å². The van der Waals surface area contributed by atoms with Crippen molar-refractivity contribution in [2.24, 2.45) is 0 Å². The Kier molecular flexibility index (Phi) is 3.52. The maximum absolute atomic E-state index is 9.61. The van der Waals surface area contributed by atoms with E-state index in [1.807, 2.05) is 6.07 Å². The van der Waals surface area contributed by atoms with Gasteiger partial charge in [-0.15, -0.1) is 0 Å². The van der Waals surface area contributed by atoms with Gasteiger partial charge in [-0.3, -0.25) is 0 Å². The Morgan fingerprint density at radius 1 is 1.05 bits per heavy atom. The summed E-state index contributed by atoms with van der Waals surface area (Å²) >= 11 is 0. The molecule has 0 bridgehead atoms. The SMILES string of the molecule is CN1CCN(c2cc(N3CCC(O)C3)ncn2)CC1. The summed E-state index contributed by atoms with van der Waals surface area (Å²) in [5.74, 6) is 1.93. The minimum atomic E-state index is -0.220. The van der Waals surface area contributed by atoms with Crippen LogP contribution in [0.25, 0.3) is 0 Å². The summed E-state index contributed by atoms with van der Waals surface area (Å²) in [6, 6.07) is 2.04. The van der Waals surface area contributed by atoms with Crippen LogP contribution in [0.4, 0.5) is 11.6 Å². The molecule has 1 unspecified atom stereocenters. The number of piperazine rings is 1. The van der Waals surface area contributed by atoms with Crippen molar-refractivity contribution in [3.63, 3.8) is 0 Å². The van der Waals surface area contributed by atoms with Gasteiger partial charge in [0.2, 0.25) is 0 Å². The molecule has 1 N–H and O–H groups in total. The Labute approximate surface area is 113 Å². The summed E-state index contributed by atoms with van der Waals surface area (Å²) in [4.78, 5) is 15.5. The molecule has 0 aliphatic carbocycles. The third-order valence-electron chi connectivity index (χ3n) is 3.95. The van der Waals surface area contributed by atoms with E-state index in [9.17, 15) is 5.11 Å². The molecule has 6 heteroatoms. The monoisotopic (exact) mass is 263 g/mol. The number of aromatic nitrogens is 2. The molecule has 2 fully saturated rings. The highest BCUT2D eigenvalue weighted by molar-refractivity contribution is 5.51. The van der Waals surface area contributed by atoms with Crippen molar-refractivity contribution in [2.45, 2.75) is 12.5 Å². The maximum Gasteiger partial charge on any atom is 0.134 e. The van der Waals surface area contributed by atoms with Gasteiger partial charge in [-0.1, -0.05) is 0 Å². The minimum absolute atomic E-state index is 0.220. The molecule has 1 atom stereocenters. The Morgan fingerprint density at radius 2 is 1.74 bits per heavy atom. The molecule has 3 heterocycles. The van der Waals surface area contributed by atoms with Crippen LogP contribution in [0.15, 0.2) is 12.4 Å². The summed E-state index contributed by atoms with van der Waals surface area (Å²) in [6.07, 6.45) is 2.24. The van der Waals surface area contributed by atoms with Crippen LogP contribution in [0.2, 0.25) is 0 Å². The smallest absolute Gasteiger partial charge is 0.134 e. The fourth-order valence-corrected chi connectivity index (χ4v) is 2.67. The van der Waals surface area contributed by atoms with E-state index in [4.69, 9.17) is 0 Å². The molecule has 1 aromatic rings. The number of hydrogen-bond acceptors (Lipinski definition) is 6. The minimum Gasteiger partial charge on any atom is -0.391 e. The number of rotatable bonds is 2. The van der Waals surface area contributed by atoms with Crippen LogP contribution in [0.5, 0.6) is 0 Å². The lowest BCUT2D eigenvalue weighted by Crippen LogP contribution is -2.44. The number of likely N-dealkylation sites (N-methyl/N-ethyl adjacent to an activating group) is 1. The summed E-state index contributed by atoms with van der Waals surface area (Å²) in [5.41, 5.74) is 0. The third-order valence-corrected chi connectivity index (χ3v) is 3.95. The van der Waals surface area contributed by atoms with Gasteiger partial charge in [-0.2, -0.15) is 0 Å². The molecule has 6 nitrogen and oxygen atoms in total. The lowest BCUT2D eigenvalue weighted by molar-refractivity contribution is 0.198. The van der Waals surface area contributed by atoms with E-state index in [0.717, 1.165) is 50.8 Å². The van der Waals surface area contributed by atoms with Crippen molar-refractivity contribution < 1.29 is 5.11 Å². The van der Waals surface area contributed by atoms with Crippen LogP contribution in [0.3, 0.4) is 0 Å². The van der Waals surface area contributed by atoms with Crippen LogP contribution in [-0.4, -0.2) is 72.4 Å². The van der Waals surface area contributed by atoms with Crippen molar-refractivity contribution in [1.29, 1.82) is 0 Å². The van der Waals surface area contributed by atoms with Gasteiger partial charge < -0.3 is 19.8 Å². The highest BCUT2D eigenvalue weighted by atomic mass is 16.3. The van der Waals surface area contributed by atoms with E-state index >= 15 is 0 Å². The molecule has 0 radical (unpaired) electrons. The first-order valence-electron chi connectivity index (χ1n) is 6.91. The fourth-order valence-electron chi connectivity index (χ4n) is 2.67. The molecular weight excluding hydrogens is 242 g/mol. The van der Waals surface area contributed by atoms with Gasteiger partial charge >= 0.3 is 0 Å². The Hall–Kier alpha value is -1.40. The normalized spacial score (nSPS) is 25.1. The van der Waals surface area contributed by atoms with Crippen LogP contribution >= 0.6 is 0 Å². The first-order chi connectivity index (χ1) is 9.22. The summed E-state index contributed by atoms with van der Waals surface area (Å²) < 4.78 is 0. The van der Waals surface area contributed by atoms with Gasteiger partial charge in [0, 0.05) is 45.3 Å². The van der Waals surface area contributed by atoms with E-state index in [-0.39, 0.29) is 6.10 Å². The average Bonchev–Trinajstić information content (AvgIpc) is 2.86. The van der Waals surface area contributed by atoms with E-state index < -0.39 is 0 Å². The third kappa shape index (κ3) is 2.79. The first kappa shape index (κ1) is 12.6. The predicted molar refractivity (Wildman–Crippen MR) is 74.6 cm³/mol. The second-order valence-corrected chi connectivity index (χ2v) is 5.41. The second kappa shape index (κ2) is 5.30. The molecule has 2 aliphatic rings. The van der Waals surface area contributed by atoms with Gasteiger partial charge in [0.05, 0.1) is 6.10 Å². The van der Waals surface area contributed by atoms with Gasteiger partial charge in [0.15, 0.2) is 0 Å². The fraction of sp³-hybridized carbons (Fsp3) is 0.692. The van der Waals surface area contributed by atoms with Gasteiger partial charge in [-0.25, -0.2) is 9.97 Å². The van der Waals surface area contributed by atoms with Crippen LogP contribution in [-0.2, 0) is 0 Å². The molecule has 2 saturated heterocycles. The lowest BCUT2D eigenvalue weighted by Gasteiger charge is -2.33. The Bertz CT molecular complexity index is 433. The Morgan fingerprint density at radius 3 is 2.37 bits per heavy atom. The van der Waals surface area contributed by atoms with Crippen molar-refractivity contribution in [1.82, 2.24) is 14.9 Å². The molecule has 3 rings (SSSR count). The molecule has 19 heavy (non-hydrogen) atoms. The molecule has 0 spiro atoms. The number of nitrogens with zero attached hydrogens (tertiary/aromatic N) is 5. The molecule has 1 aromatic heterocycles. The lowest BCUT2D eigenvalue weighted by atomic mass is 10.3. The van der Waals surface area contributed by atoms with Gasteiger partial charge in [0.25, 0.3) is 0 Å². The largest absolute Gasteiger partial charge is 0.391 e. The van der Waals surface area contributed by atoms with Crippen molar-refractivity contribution in [3.8, 4) is 0 Å². The summed E-state index contributed by atoms with van der Waals surface area (Å²) in [5, 5.41) is 9.61. The van der Waals surface area contributed by atoms with E-state index in [1.54, 1.807) is 6.33 Å². The molecule has 0 aromatic carbocycles. The quantitative estimate of drug-likeness (QED) is 0.797. The molecule has 0 amide bonds. The average molecular weight is 263 g/mol. The number of β-amino-alcohol motifs (C(OH)–C–C–N with tert-alkyl or cyclic N) is 1. The number of aliphatic hydroxyl groups excluding tert-OH is 1. The van der Waals surface area contributed by atoms with Gasteiger partial charge in [-0.05, 0) is 13.5 Å². The van der Waals surface area contributed by atoms with Gasteiger partial charge in [0.1, 0.15) is 18.0 Å². The van der Waals surface area contributed by atoms with Crippen LogP contribution < -0.4 is 9.80 Å². The highest BCUT2D eigenvalue weighted by Crippen LogP contribution is 2.22. The van der Waals surface area contributed by atoms with Crippen molar-refractivity contribution in [3.05, 3.63) is 12.4 Å². The number of anilines is 2. The van der Waals surface area contributed by atoms with Crippen LogP contribution in [0.1, 0.15) is 6.42 Å². The highest BCUT2D eigenvalue weighted by Gasteiger charge is 2.22. The number of hydrogen-bond donors (Lipinski definition) is 1. The zero-order chi connectivity index (χ0) is 13.2. The molecular formula is C13H21N5O. The van der Waals surface area contributed by atoms with Crippen molar-refractivity contribution >= 4 is 11.6 Å². The zero-order valence-corrected chi connectivity index (χ0v) is 11.4. The summed E-state index contributed by atoms with van der Waals surface area (Å²) in [7, 11) is 2.15. The number of aliphatic hydroxyl groups is 1. The molecule has 0 saturated carbocycles. The van der Waals surface area contributed by atoms with E-state index in [1.165, 1.54) is 0 Å². The maximum atomic E-state index is 9.61. The van der Waals surface area contributed by atoms with E-state index in [2.05, 4.69) is 31.7 Å². The topological polar surface area (TPSA) is 55.7 Å². The van der Waals surface area contributed by atoms with Crippen LogP contribution in [0, 0.1) is 0 Å². The summed E-state index contributed by atoms with van der Waals surface area (Å²) in [6.45, 7) is 5.72. The predicted octanol–water partition coefficient (Wildman–Crippen LogP) is -0.201. The van der Waals surface area contributed by atoms with Crippen molar-refractivity contribution in [2.75, 3.05) is 56.1 Å².